The first-order valence-corrected chi connectivity index (χ1v) is 11.6. The zero-order valence-corrected chi connectivity index (χ0v) is 18.2. The maximum Gasteiger partial charge on any atom is 0.233 e. The van der Waals surface area contributed by atoms with Crippen LogP contribution in [0.5, 0.6) is 5.75 Å². The lowest BCUT2D eigenvalue weighted by atomic mass is 10.2. The van der Waals surface area contributed by atoms with Crippen LogP contribution in [0.3, 0.4) is 0 Å². The molecule has 3 heterocycles. The molecular weight excluding hydrogens is 404 g/mol. The largest absolute Gasteiger partial charge is 0.496 e. The Morgan fingerprint density at radius 2 is 2.14 bits per heavy atom. The van der Waals surface area contributed by atoms with E-state index in [1.165, 1.54) is 16.6 Å². The Bertz CT molecular complexity index is 971. The van der Waals surface area contributed by atoms with Crippen molar-refractivity contribution in [2.24, 2.45) is 0 Å². The van der Waals surface area contributed by atoms with Crippen molar-refractivity contribution < 1.29 is 9.53 Å². The molecule has 1 aromatic carbocycles. The summed E-state index contributed by atoms with van der Waals surface area (Å²) < 4.78 is 7.51. The number of carbonyl (C=O) groups is 1. The van der Waals surface area contributed by atoms with Crippen molar-refractivity contribution >= 4 is 29.0 Å². The number of aromatic nitrogens is 3. The third-order valence-electron chi connectivity index (χ3n) is 5.15. The first-order chi connectivity index (χ1) is 14.2. The van der Waals surface area contributed by atoms with E-state index < -0.39 is 0 Å². The van der Waals surface area contributed by atoms with Crippen molar-refractivity contribution in [3.8, 4) is 17.1 Å². The minimum Gasteiger partial charge on any atom is -0.496 e. The van der Waals surface area contributed by atoms with E-state index in [0.717, 1.165) is 48.2 Å². The second-order valence-electron chi connectivity index (χ2n) is 6.80. The van der Waals surface area contributed by atoms with Crippen molar-refractivity contribution in [2.75, 3.05) is 19.4 Å². The van der Waals surface area contributed by atoms with Gasteiger partial charge in [-0.1, -0.05) is 30.0 Å². The number of methoxy groups -OCH3 is 1. The zero-order chi connectivity index (χ0) is 20.2. The number of carbonyl (C=O) groups excluding carboxylic acids is 1. The van der Waals surface area contributed by atoms with Crippen LogP contribution in [0.15, 0.2) is 46.9 Å². The molecule has 1 aliphatic rings. The van der Waals surface area contributed by atoms with Gasteiger partial charge in [-0.15, -0.1) is 21.5 Å². The van der Waals surface area contributed by atoms with Gasteiger partial charge in [0, 0.05) is 18.0 Å². The van der Waals surface area contributed by atoms with E-state index in [-0.39, 0.29) is 11.9 Å². The quantitative estimate of drug-likeness (QED) is 0.519. The first-order valence-electron chi connectivity index (χ1n) is 9.75. The summed E-state index contributed by atoms with van der Waals surface area (Å²) in [6.45, 7) is 3.61. The fourth-order valence-electron chi connectivity index (χ4n) is 3.76. The molecule has 1 atom stereocenters. The van der Waals surface area contributed by atoms with E-state index in [2.05, 4.69) is 34.6 Å². The number of hydrogen-bond acceptors (Lipinski definition) is 6. The van der Waals surface area contributed by atoms with Gasteiger partial charge in [0.2, 0.25) is 5.91 Å². The van der Waals surface area contributed by atoms with Gasteiger partial charge in [-0.25, -0.2) is 0 Å². The fourth-order valence-corrected chi connectivity index (χ4v) is 5.52. The highest BCUT2D eigenvalue weighted by Crippen LogP contribution is 2.35. The molecule has 0 spiro atoms. The summed E-state index contributed by atoms with van der Waals surface area (Å²) in [6.07, 6.45) is 2.10. The molecular formula is C21H24N4O2S2. The highest BCUT2D eigenvalue weighted by molar-refractivity contribution is 7.99. The summed E-state index contributed by atoms with van der Waals surface area (Å²) in [5.74, 6) is 2.05. The van der Waals surface area contributed by atoms with Crippen LogP contribution in [-0.2, 0) is 11.3 Å². The van der Waals surface area contributed by atoms with E-state index in [1.54, 1.807) is 18.4 Å². The lowest BCUT2D eigenvalue weighted by molar-refractivity contribution is -0.129. The highest BCUT2D eigenvalue weighted by Gasteiger charge is 2.30. The van der Waals surface area contributed by atoms with Gasteiger partial charge in [0.15, 0.2) is 11.0 Å². The Kier molecular flexibility index (Phi) is 6.20. The van der Waals surface area contributed by atoms with E-state index >= 15 is 0 Å². The number of ether oxygens (including phenoxy) is 1. The zero-order valence-electron chi connectivity index (χ0n) is 16.6. The molecule has 2 aromatic heterocycles. The lowest BCUT2D eigenvalue weighted by Crippen LogP contribution is -2.31. The molecule has 0 aliphatic carbocycles. The van der Waals surface area contributed by atoms with Crippen LogP contribution >= 0.6 is 23.1 Å². The third-order valence-corrected chi connectivity index (χ3v) is 7.08. The summed E-state index contributed by atoms with van der Waals surface area (Å²) in [5, 5.41) is 11.6. The second kappa shape index (κ2) is 9.00. The predicted octanol–water partition coefficient (Wildman–Crippen LogP) is 4.49. The van der Waals surface area contributed by atoms with E-state index in [4.69, 9.17) is 4.74 Å². The molecule has 8 heteroatoms. The fraction of sp³-hybridized carbons (Fsp3) is 0.381. The van der Waals surface area contributed by atoms with Gasteiger partial charge in [-0.3, -0.25) is 4.79 Å². The SMILES string of the molecule is CCn1c(SCC(=O)N2CCCC2c2cccs2)nnc1-c1ccccc1OC. The molecule has 0 N–H and O–H groups in total. The smallest absolute Gasteiger partial charge is 0.233 e. The van der Waals surface area contributed by atoms with Gasteiger partial charge >= 0.3 is 0 Å². The molecule has 1 fully saturated rings. The molecule has 29 heavy (non-hydrogen) atoms. The number of rotatable bonds is 7. The summed E-state index contributed by atoms with van der Waals surface area (Å²) in [7, 11) is 1.65. The highest BCUT2D eigenvalue weighted by atomic mass is 32.2. The summed E-state index contributed by atoms with van der Waals surface area (Å²) in [6, 6.07) is 12.2. The number of hydrogen-bond donors (Lipinski definition) is 0. The van der Waals surface area contributed by atoms with Gasteiger partial charge in [-0.05, 0) is 43.3 Å². The Balaban J connectivity index is 1.49. The van der Waals surface area contributed by atoms with Crippen molar-refractivity contribution in [1.29, 1.82) is 0 Å². The molecule has 1 saturated heterocycles. The minimum atomic E-state index is 0.162. The van der Waals surface area contributed by atoms with Crippen LogP contribution in [0, 0.1) is 0 Å². The molecule has 4 rings (SSSR count). The number of thiophene rings is 1. The minimum absolute atomic E-state index is 0.162. The van der Waals surface area contributed by atoms with Crippen molar-refractivity contribution in [3.05, 3.63) is 46.7 Å². The van der Waals surface area contributed by atoms with Crippen LogP contribution in [0.2, 0.25) is 0 Å². The molecule has 0 bridgehead atoms. The van der Waals surface area contributed by atoms with Crippen LogP contribution in [0.1, 0.15) is 30.7 Å². The monoisotopic (exact) mass is 428 g/mol. The van der Waals surface area contributed by atoms with Crippen LogP contribution in [-0.4, -0.2) is 45.0 Å². The van der Waals surface area contributed by atoms with Gasteiger partial charge in [0.25, 0.3) is 0 Å². The predicted molar refractivity (Wildman–Crippen MR) is 116 cm³/mol. The molecule has 6 nitrogen and oxygen atoms in total. The second-order valence-corrected chi connectivity index (χ2v) is 8.72. The number of benzene rings is 1. The summed E-state index contributed by atoms with van der Waals surface area (Å²) >= 11 is 3.18. The molecule has 3 aromatic rings. The number of para-hydroxylation sites is 1. The number of likely N-dealkylation sites (tertiary alicyclic amines) is 1. The standard InChI is InChI=1S/C21H24N4O2S2/c1-3-24-20(15-8-4-5-10-17(15)27-2)22-23-21(24)29-14-19(26)25-12-6-9-16(25)18-11-7-13-28-18/h4-5,7-8,10-11,13,16H,3,6,9,12,14H2,1-2H3. The van der Waals surface area contributed by atoms with E-state index in [9.17, 15) is 4.79 Å². The van der Waals surface area contributed by atoms with Crippen molar-refractivity contribution in [1.82, 2.24) is 19.7 Å². The molecule has 0 saturated carbocycles. The van der Waals surface area contributed by atoms with Crippen LogP contribution in [0.4, 0.5) is 0 Å². The molecule has 0 radical (unpaired) electrons. The average Bonchev–Trinajstić information content (AvgIpc) is 3.51. The van der Waals surface area contributed by atoms with Crippen LogP contribution < -0.4 is 4.74 Å². The maximum absolute atomic E-state index is 12.9. The third kappa shape index (κ3) is 4.04. The van der Waals surface area contributed by atoms with Crippen molar-refractivity contribution in [3.63, 3.8) is 0 Å². The van der Waals surface area contributed by atoms with Crippen molar-refractivity contribution in [2.45, 2.75) is 37.5 Å². The Morgan fingerprint density at radius 3 is 2.90 bits per heavy atom. The van der Waals surface area contributed by atoms with Gasteiger partial charge < -0.3 is 14.2 Å². The Hall–Kier alpha value is -2.32. The number of nitrogens with zero attached hydrogens (tertiary/aromatic N) is 4. The maximum atomic E-state index is 12.9. The van der Waals surface area contributed by atoms with E-state index in [0.29, 0.717) is 5.75 Å². The van der Waals surface area contributed by atoms with Gasteiger partial charge in [-0.2, -0.15) is 0 Å². The van der Waals surface area contributed by atoms with Crippen LogP contribution in [0.25, 0.3) is 11.4 Å². The number of amides is 1. The number of thioether (sulfide) groups is 1. The van der Waals surface area contributed by atoms with E-state index in [1.807, 2.05) is 33.7 Å². The lowest BCUT2D eigenvalue weighted by Gasteiger charge is -2.23. The van der Waals surface area contributed by atoms with Gasteiger partial charge in [0.05, 0.1) is 24.5 Å². The topological polar surface area (TPSA) is 60.2 Å². The first kappa shape index (κ1) is 20.0. The molecule has 1 unspecified atom stereocenters. The van der Waals surface area contributed by atoms with Gasteiger partial charge in [0.1, 0.15) is 5.75 Å². The Morgan fingerprint density at radius 1 is 1.28 bits per heavy atom. The molecule has 152 valence electrons. The average molecular weight is 429 g/mol. The summed E-state index contributed by atoms with van der Waals surface area (Å²) in [5.41, 5.74) is 0.903. The molecule has 1 aliphatic heterocycles. The Labute approximate surface area is 178 Å². The summed E-state index contributed by atoms with van der Waals surface area (Å²) in [4.78, 5) is 16.2. The molecule has 1 amide bonds. The normalized spacial score (nSPS) is 16.3.